The first kappa shape index (κ1) is 17.3. The van der Waals surface area contributed by atoms with Gasteiger partial charge in [-0.3, -0.25) is 0 Å². The van der Waals surface area contributed by atoms with Crippen molar-refractivity contribution in [1.82, 2.24) is 14.7 Å². The molecule has 2 rings (SSSR count). The van der Waals surface area contributed by atoms with E-state index in [9.17, 15) is 12.8 Å². The largest absolute Gasteiger partial charge is 0.347 e. The van der Waals surface area contributed by atoms with Crippen LogP contribution in [0.3, 0.4) is 0 Å². The van der Waals surface area contributed by atoms with Gasteiger partial charge in [-0.05, 0) is 30.7 Å². The molecule has 0 radical (unpaired) electrons. The van der Waals surface area contributed by atoms with Crippen LogP contribution in [0.5, 0.6) is 0 Å². The van der Waals surface area contributed by atoms with Gasteiger partial charge < -0.3 is 4.90 Å². The van der Waals surface area contributed by atoms with Crippen molar-refractivity contribution >= 4 is 16.0 Å². The fourth-order valence-electron chi connectivity index (χ4n) is 1.94. The van der Waals surface area contributed by atoms with E-state index in [1.54, 1.807) is 11.0 Å². The Kier molecular flexibility index (Phi) is 5.27. The van der Waals surface area contributed by atoms with E-state index in [0.717, 1.165) is 5.69 Å². The average Bonchev–Trinajstić information content (AvgIpc) is 2.47. The summed E-state index contributed by atoms with van der Waals surface area (Å²) in [6.45, 7) is 1.90. The molecule has 23 heavy (non-hydrogen) atoms. The number of hydrogen-bond donors (Lipinski definition) is 1. The van der Waals surface area contributed by atoms with Gasteiger partial charge in [0, 0.05) is 19.8 Å². The highest BCUT2D eigenvalue weighted by Crippen LogP contribution is 2.10. The van der Waals surface area contributed by atoms with Gasteiger partial charge in [-0.1, -0.05) is 12.1 Å². The molecule has 8 heteroatoms. The maximum atomic E-state index is 12.8. The molecule has 6 nitrogen and oxygen atoms in total. The summed E-state index contributed by atoms with van der Waals surface area (Å²) in [6.07, 6.45) is 0. The summed E-state index contributed by atoms with van der Waals surface area (Å²) < 4.78 is 39.6. The minimum absolute atomic E-state index is 0.0771. The van der Waals surface area contributed by atoms with Crippen molar-refractivity contribution in [1.29, 1.82) is 0 Å². The molecule has 0 aliphatic heterocycles. The number of nitrogens with one attached hydrogen (secondary N) is 1. The lowest BCUT2D eigenvalue weighted by molar-refractivity contribution is 0.579. The SMILES string of the molecule is Cc1cc(CNS(=O)(=O)Cc2ccc(F)cc2)nc(N(C)C)n1. The zero-order chi connectivity index (χ0) is 17.0. The predicted molar refractivity (Wildman–Crippen MR) is 87.0 cm³/mol. The normalized spacial score (nSPS) is 11.5. The van der Waals surface area contributed by atoms with Crippen LogP contribution in [0.2, 0.25) is 0 Å². The first-order valence-corrected chi connectivity index (χ1v) is 8.64. The summed E-state index contributed by atoms with van der Waals surface area (Å²) in [5.41, 5.74) is 1.87. The topological polar surface area (TPSA) is 75.2 Å². The Morgan fingerprint density at radius 2 is 1.83 bits per heavy atom. The Labute approximate surface area is 135 Å². The number of anilines is 1. The van der Waals surface area contributed by atoms with Crippen LogP contribution in [0.1, 0.15) is 17.0 Å². The van der Waals surface area contributed by atoms with E-state index >= 15 is 0 Å². The summed E-state index contributed by atoms with van der Waals surface area (Å²) in [5, 5.41) is 0. The quantitative estimate of drug-likeness (QED) is 0.866. The Morgan fingerprint density at radius 1 is 1.17 bits per heavy atom. The fraction of sp³-hybridized carbons (Fsp3) is 0.333. The molecule has 0 saturated carbocycles. The van der Waals surface area contributed by atoms with Gasteiger partial charge in [0.2, 0.25) is 16.0 Å². The molecular weight excluding hydrogens is 319 g/mol. The van der Waals surface area contributed by atoms with Crippen LogP contribution >= 0.6 is 0 Å². The van der Waals surface area contributed by atoms with Gasteiger partial charge in [-0.25, -0.2) is 27.5 Å². The molecular formula is C15H19FN4O2S. The number of nitrogens with zero attached hydrogens (tertiary/aromatic N) is 3. The van der Waals surface area contributed by atoms with Gasteiger partial charge in [0.25, 0.3) is 0 Å². The van der Waals surface area contributed by atoms with Crippen molar-refractivity contribution < 1.29 is 12.8 Å². The fourth-order valence-corrected chi connectivity index (χ4v) is 3.04. The first-order valence-electron chi connectivity index (χ1n) is 6.99. The summed E-state index contributed by atoms with van der Waals surface area (Å²) in [6, 6.07) is 7.11. The van der Waals surface area contributed by atoms with Crippen molar-refractivity contribution in [2.24, 2.45) is 0 Å². The van der Waals surface area contributed by atoms with E-state index in [0.29, 0.717) is 17.2 Å². The van der Waals surface area contributed by atoms with Gasteiger partial charge in [0.15, 0.2) is 0 Å². The lowest BCUT2D eigenvalue weighted by Crippen LogP contribution is -2.26. The third kappa shape index (κ3) is 5.26. The van der Waals surface area contributed by atoms with Crippen LogP contribution in [0, 0.1) is 12.7 Å². The number of halogens is 1. The van der Waals surface area contributed by atoms with Crippen LogP contribution in [0.25, 0.3) is 0 Å². The lowest BCUT2D eigenvalue weighted by atomic mass is 10.2. The molecule has 2 aromatic rings. The molecule has 0 aliphatic carbocycles. The lowest BCUT2D eigenvalue weighted by Gasteiger charge is -2.13. The second-order valence-electron chi connectivity index (χ2n) is 5.40. The van der Waals surface area contributed by atoms with Crippen molar-refractivity contribution in [3.8, 4) is 0 Å². The van der Waals surface area contributed by atoms with Gasteiger partial charge in [-0.2, -0.15) is 0 Å². The highest BCUT2D eigenvalue weighted by molar-refractivity contribution is 7.88. The summed E-state index contributed by atoms with van der Waals surface area (Å²) in [7, 11) is 0.0954. The number of aromatic nitrogens is 2. The Balaban J connectivity index is 2.05. The molecule has 0 atom stereocenters. The Hall–Kier alpha value is -2.06. The molecule has 0 saturated heterocycles. The van der Waals surface area contributed by atoms with E-state index in [4.69, 9.17) is 0 Å². The maximum absolute atomic E-state index is 12.8. The molecule has 0 unspecified atom stereocenters. The van der Waals surface area contributed by atoms with E-state index in [-0.39, 0.29) is 12.3 Å². The minimum atomic E-state index is -3.54. The monoisotopic (exact) mass is 338 g/mol. The van der Waals surface area contributed by atoms with Gasteiger partial charge >= 0.3 is 0 Å². The number of sulfonamides is 1. The van der Waals surface area contributed by atoms with E-state index in [1.807, 2.05) is 21.0 Å². The molecule has 0 aliphatic rings. The first-order chi connectivity index (χ1) is 10.7. The molecule has 0 bridgehead atoms. The molecule has 0 spiro atoms. The second-order valence-corrected chi connectivity index (χ2v) is 7.21. The number of rotatable bonds is 6. The second kappa shape index (κ2) is 7.01. The number of hydrogen-bond acceptors (Lipinski definition) is 5. The van der Waals surface area contributed by atoms with E-state index < -0.39 is 15.8 Å². The van der Waals surface area contributed by atoms with E-state index in [2.05, 4.69) is 14.7 Å². The molecule has 0 amide bonds. The van der Waals surface area contributed by atoms with Crippen LogP contribution in [0.15, 0.2) is 30.3 Å². The molecule has 1 aromatic carbocycles. The smallest absolute Gasteiger partial charge is 0.225 e. The van der Waals surface area contributed by atoms with Crippen molar-refractivity contribution in [2.75, 3.05) is 19.0 Å². The molecule has 1 N–H and O–H groups in total. The zero-order valence-corrected chi connectivity index (χ0v) is 14.1. The highest BCUT2D eigenvalue weighted by atomic mass is 32.2. The highest BCUT2D eigenvalue weighted by Gasteiger charge is 2.13. The van der Waals surface area contributed by atoms with Crippen LogP contribution < -0.4 is 9.62 Å². The summed E-state index contributed by atoms with van der Waals surface area (Å²) >= 11 is 0. The standard InChI is InChI=1S/C15H19FN4O2S/c1-11-8-14(19-15(18-11)20(2)3)9-17-23(21,22)10-12-4-6-13(16)7-5-12/h4-8,17H,9-10H2,1-3H3. The van der Waals surface area contributed by atoms with Crippen molar-refractivity contribution in [2.45, 2.75) is 19.2 Å². The van der Waals surface area contributed by atoms with E-state index in [1.165, 1.54) is 24.3 Å². The van der Waals surface area contributed by atoms with Crippen molar-refractivity contribution in [3.63, 3.8) is 0 Å². The Morgan fingerprint density at radius 3 is 2.43 bits per heavy atom. The summed E-state index contributed by atoms with van der Waals surface area (Å²) in [4.78, 5) is 10.3. The molecule has 1 aromatic heterocycles. The van der Waals surface area contributed by atoms with Gasteiger partial charge in [-0.15, -0.1) is 0 Å². The predicted octanol–water partition coefficient (Wildman–Crippen LogP) is 1.61. The molecule has 0 fully saturated rings. The third-order valence-electron chi connectivity index (χ3n) is 3.04. The van der Waals surface area contributed by atoms with Crippen molar-refractivity contribution in [3.05, 3.63) is 53.1 Å². The molecule has 1 heterocycles. The molecule has 124 valence electrons. The number of aryl methyl sites for hydroxylation is 1. The minimum Gasteiger partial charge on any atom is -0.347 e. The van der Waals surface area contributed by atoms with Gasteiger partial charge in [0.05, 0.1) is 18.0 Å². The third-order valence-corrected chi connectivity index (χ3v) is 4.34. The number of benzene rings is 1. The van der Waals surface area contributed by atoms with Crippen LogP contribution in [0.4, 0.5) is 10.3 Å². The maximum Gasteiger partial charge on any atom is 0.225 e. The summed E-state index contributed by atoms with van der Waals surface area (Å²) in [5.74, 6) is -0.0813. The zero-order valence-electron chi connectivity index (χ0n) is 13.2. The Bertz CT molecular complexity index is 777. The van der Waals surface area contributed by atoms with Crippen LogP contribution in [-0.4, -0.2) is 32.5 Å². The average molecular weight is 338 g/mol. The van der Waals surface area contributed by atoms with Crippen LogP contribution in [-0.2, 0) is 22.3 Å². The van der Waals surface area contributed by atoms with Gasteiger partial charge in [0.1, 0.15) is 5.82 Å².